The molecule has 0 saturated carbocycles. The van der Waals surface area contributed by atoms with Crippen molar-refractivity contribution in [3.05, 3.63) is 0 Å². The third-order valence-corrected chi connectivity index (χ3v) is 1.77. The van der Waals surface area contributed by atoms with Crippen LogP contribution in [0.25, 0.3) is 0 Å². The molecule has 0 aliphatic carbocycles. The smallest absolute Gasteiger partial charge is 0.168 e. The molecule has 0 aromatic rings. The fourth-order valence-corrected chi connectivity index (χ4v) is 1.05. The Morgan fingerprint density at radius 2 is 2.36 bits per heavy atom. The molecule has 0 aromatic heterocycles. The van der Waals surface area contributed by atoms with Crippen molar-refractivity contribution in [3.63, 3.8) is 0 Å². The van der Waals surface area contributed by atoms with Crippen molar-refractivity contribution in [2.45, 2.75) is 31.8 Å². The van der Waals surface area contributed by atoms with E-state index >= 15 is 0 Å². The monoisotopic (exact) mass is 160 g/mol. The number of ether oxygens (including phenoxy) is 2. The van der Waals surface area contributed by atoms with Gasteiger partial charge in [-0.1, -0.05) is 0 Å². The van der Waals surface area contributed by atoms with Gasteiger partial charge in [0.15, 0.2) is 12.1 Å². The van der Waals surface area contributed by atoms with Crippen LogP contribution in [0.2, 0.25) is 0 Å². The summed E-state index contributed by atoms with van der Waals surface area (Å²) in [5.41, 5.74) is 0. The first kappa shape index (κ1) is 8.64. The van der Waals surface area contributed by atoms with E-state index in [-0.39, 0.29) is 12.2 Å². The molecule has 4 heteroatoms. The highest BCUT2D eigenvalue weighted by atomic mass is 16.7. The van der Waals surface area contributed by atoms with Crippen LogP contribution in [-0.2, 0) is 14.3 Å². The van der Waals surface area contributed by atoms with Crippen LogP contribution in [0.1, 0.15) is 13.3 Å². The van der Waals surface area contributed by atoms with Crippen molar-refractivity contribution >= 4 is 5.78 Å². The van der Waals surface area contributed by atoms with Gasteiger partial charge in [0.1, 0.15) is 6.10 Å². The Balaban J connectivity index is 2.54. The van der Waals surface area contributed by atoms with Crippen molar-refractivity contribution in [3.8, 4) is 0 Å². The van der Waals surface area contributed by atoms with E-state index in [0.717, 1.165) is 0 Å². The summed E-state index contributed by atoms with van der Waals surface area (Å²) in [7, 11) is 1.47. The summed E-state index contributed by atoms with van der Waals surface area (Å²) in [6.45, 7) is 1.65. The van der Waals surface area contributed by atoms with Crippen LogP contribution in [0.15, 0.2) is 0 Å². The first-order valence-electron chi connectivity index (χ1n) is 3.54. The minimum absolute atomic E-state index is 0.141. The Hall–Kier alpha value is -0.450. The SMILES string of the molecule is COC1CC(=O)[C@H](O)[C@@H](C)O1. The molecule has 0 bridgehead atoms. The van der Waals surface area contributed by atoms with E-state index < -0.39 is 18.5 Å². The topological polar surface area (TPSA) is 55.8 Å². The molecule has 64 valence electrons. The highest BCUT2D eigenvalue weighted by Crippen LogP contribution is 2.16. The molecule has 1 rings (SSSR count). The summed E-state index contributed by atoms with van der Waals surface area (Å²) in [6, 6.07) is 0. The third-order valence-electron chi connectivity index (χ3n) is 1.77. The number of Topliss-reactive ketones (excluding diaryl/α,β-unsaturated/α-hetero) is 1. The summed E-state index contributed by atoms with van der Waals surface area (Å²) in [6.07, 6.45) is -1.79. The Kier molecular flexibility index (Phi) is 2.59. The summed E-state index contributed by atoms with van der Waals surface area (Å²) in [5, 5.41) is 9.13. The van der Waals surface area contributed by atoms with Gasteiger partial charge in [-0.15, -0.1) is 0 Å². The van der Waals surface area contributed by atoms with Gasteiger partial charge in [0, 0.05) is 7.11 Å². The minimum atomic E-state index is -0.985. The molecule has 0 spiro atoms. The van der Waals surface area contributed by atoms with Gasteiger partial charge in [-0.25, -0.2) is 0 Å². The lowest BCUT2D eigenvalue weighted by atomic mass is 10.0. The quantitative estimate of drug-likeness (QED) is 0.572. The van der Waals surface area contributed by atoms with Gasteiger partial charge >= 0.3 is 0 Å². The molecule has 3 atom stereocenters. The molecule has 1 fully saturated rings. The van der Waals surface area contributed by atoms with Crippen LogP contribution in [-0.4, -0.2) is 36.5 Å². The van der Waals surface area contributed by atoms with E-state index in [0.29, 0.717) is 0 Å². The van der Waals surface area contributed by atoms with Gasteiger partial charge < -0.3 is 14.6 Å². The van der Waals surface area contributed by atoms with Crippen LogP contribution in [0, 0.1) is 0 Å². The van der Waals surface area contributed by atoms with Crippen LogP contribution in [0.4, 0.5) is 0 Å². The lowest BCUT2D eigenvalue weighted by molar-refractivity contribution is -0.204. The summed E-state index contributed by atoms with van der Waals surface area (Å²) < 4.78 is 9.95. The molecule has 1 unspecified atom stereocenters. The van der Waals surface area contributed by atoms with Crippen molar-refractivity contribution in [2.75, 3.05) is 7.11 Å². The standard InChI is InChI=1S/C7H12O4/c1-4-7(9)5(8)3-6(10-2)11-4/h4,6-7,9H,3H2,1-2H3/t4-,6?,7-/m1/s1. The maximum atomic E-state index is 11.0. The van der Waals surface area contributed by atoms with Gasteiger partial charge in [0.05, 0.1) is 12.5 Å². The van der Waals surface area contributed by atoms with E-state index in [9.17, 15) is 4.79 Å². The molecule has 1 heterocycles. The molecule has 11 heavy (non-hydrogen) atoms. The van der Waals surface area contributed by atoms with Crippen LogP contribution < -0.4 is 0 Å². The fraction of sp³-hybridized carbons (Fsp3) is 0.857. The van der Waals surface area contributed by atoms with Crippen molar-refractivity contribution in [1.82, 2.24) is 0 Å². The number of hydrogen-bond acceptors (Lipinski definition) is 4. The lowest BCUT2D eigenvalue weighted by Gasteiger charge is -2.29. The van der Waals surface area contributed by atoms with Crippen molar-refractivity contribution in [2.24, 2.45) is 0 Å². The summed E-state index contributed by atoms with van der Waals surface area (Å²) in [4.78, 5) is 11.0. The van der Waals surface area contributed by atoms with Gasteiger partial charge in [0.25, 0.3) is 0 Å². The normalized spacial score (nSPS) is 39.2. The average Bonchev–Trinajstić information content (AvgIpc) is 1.99. The second kappa shape index (κ2) is 3.30. The maximum Gasteiger partial charge on any atom is 0.168 e. The zero-order chi connectivity index (χ0) is 8.43. The number of aliphatic hydroxyl groups is 1. The molecule has 1 aliphatic heterocycles. The Labute approximate surface area is 65.1 Å². The Bertz CT molecular complexity index is 157. The molecular weight excluding hydrogens is 148 g/mol. The molecule has 1 aliphatic rings. The molecule has 0 radical (unpaired) electrons. The van der Waals surface area contributed by atoms with E-state index in [1.807, 2.05) is 0 Å². The minimum Gasteiger partial charge on any atom is -0.383 e. The Morgan fingerprint density at radius 1 is 1.73 bits per heavy atom. The van der Waals surface area contributed by atoms with Gasteiger partial charge in [-0.2, -0.15) is 0 Å². The molecule has 1 N–H and O–H groups in total. The molecule has 0 amide bonds. The van der Waals surface area contributed by atoms with E-state index in [2.05, 4.69) is 0 Å². The van der Waals surface area contributed by atoms with Crippen molar-refractivity contribution < 1.29 is 19.4 Å². The fourth-order valence-electron chi connectivity index (χ4n) is 1.05. The van der Waals surface area contributed by atoms with Gasteiger partial charge in [-0.3, -0.25) is 4.79 Å². The van der Waals surface area contributed by atoms with Crippen LogP contribution >= 0.6 is 0 Å². The number of carbonyl (C=O) groups excluding carboxylic acids is 1. The number of methoxy groups -OCH3 is 1. The predicted octanol–water partition coefficient (Wildman–Crippen LogP) is -0.302. The van der Waals surface area contributed by atoms with Crippen molar-refractivity contribution in [1.29, 1.82) is 0 Å². The van der Waals surface area contributed by atoms with Gasteiger partial charge in [-0.05, 0) is 6.92 Å². The van der Waals surface area contributed by atoms with Crippen LogP contribution in [0.3, 0.4) is 0 Å². The highest BCUT2D eigenvalue weighted by molar-refractivity contribution is 5.84. The summed E-state index contributed by atoms with van der Waals surface area (Å²) >= 11 is 0. The van der Waals surface area contributed by atoms with E-state index in [4.69, 9.17) is 14.6 Å². The second-order valence-corrected chi connectivity index (χ2v) is 2.62. The highest BCUT2D eigenvalue weighted by Gasteiger charge is 2.33. The predicted molar refractivity (Wildman–Crippen MR) is 37.0 cm³/mol. The second-order valence-electron chi connectivity index (χ2n) is 2.62. The zero-order valence-corrected chi connectivity index (χ0v) is 6.61. The average molecular weight is 160 g/mol. The maximum absolute atomic E-state index is 11.0. The first-order chi connectivity index (χ1) is 5.15. The number of rotatable bonds is 1. The summed E-state index contributed by atoms with van der Waals surface area (Å²) in [5.74, 6) is -0.212. The number of carbonyl (C=O) groups is 1. The molecular formula is C7H12O4. The lowest BCUT2D eigenvalue weighted by Crippen LogP contribution is -2.44. The molecule has 4 nitrogen and oxygen atoms in total. The molecule has 1 saturated heterocycles. The van der Waals surface area contributed by atoms with E-state index in [1.165, 1.54) is 7.11 Å². The number of ketones is 1. The first-order valence-corrected chi connectivity index (χ1v) is 3.54. The van der Waals surface area contributed by atoms with Gasteiger partial charge in [0.2, 0.25) is 0 Å². The van der Waals surface area contributed by atoms with Crippen LogP contribution in [0.5, 0.6) is 0 Å². The number of hydrogen-bond donors (Lipinski definition) is 1. The largest absolute Gasteiger partial charge is 0.383 e. The molecule has 0 aromatic carbocycles. The third kappa shape index (κ3) is 1.77. The van der Waals surface area contributed by atoms with E-state index in [1.54, 1.807) is 6.92 Å². The number of aliphatic hydroxyl groups excluding tert-OH is 1. The Morgan fingerprint density at radius 3 is 2.82 bits per heavy atom. The zero-order valence-electron chi connectivity index (χ0n) is 6.61.